The topological polar surface area (TPSA) is 0 Å². The maximum absolute atomic E-state index is 2.36. The van der Waals surface area contributed by atoms with Gasteiger partial charge in [-0.2, -0.15) is 0 Å². The van der Waals surface area contributed by atoms with E-state index in [0.717, 1.165) is 0 Å². The Hall–Kier alpha value is -0.430. The van der Waals surface area contributed by atoms with Crippen LogP contribution in [0.1, 0.15) is 41.5 Å². The maximum Gasteiger partial charge on any atom is 0.142 e. The molecule has 0 spiro atoms. The third kappa shape index (κ3) is 3.04. The van der Waals surface area contributed by atoms with E-state index in [-0.39, 0.29) is 21.7 Å². The monoisotopic (exact) mass is 237 g/mol. The van der Waals surface area contributed by atoms with Crippen molar-refractivity contribution in [3.8, 4) is 0 Å². The number of hydrogen-bond donors (Lipinski definition) is 0. The molecular weight excluding hydrogens is 212 g/mol. The fourth-order valence-corrected chi connectivity index (χ4v) is 4.67. The van der Waals surface area contributed by atoms with Crippen LogP contribution in [0.25, 0.3) is 0 Å². The van der Waals surface area contributed by atoms with Crippen LogP contribution >= 0.6 is 0 Å². The van der Waals surface area contributed by atoms with E-state index in [4.69, 9.17) is 0 Å². The second kappa shape index (κ2) is 4.44. The minimum Gasteiger partial charge on any atom is -0.0574 e. The zero-order chi connectivity index (χ0) is 12.6. The molecule has 0 aliphatic carbocycles. The van der Waals surface area contributed by atoms with Gasteiger partial charge in [0.1, 0.15) is 16.1 Å². The molecule has 0 radical (unpaired) electrons. The number of hydrogen-bond acceptors (Lipinski definition) is 0. The zero-order valence-corrected chi connectivity index (χ0v) is 12.5. The van der Waals surface area contributed by atoms with E-state index in [1.165, 1.54) is 0 Å². The van der Waals surface area contributed by atoms with Crippen molar-refractivity contribution in [2.24, 2.45) is 10.8 Å². The second-order valence-corrected chi connectivity index (χ2v) is 8.36. The van der Waals surface area contributed by atoms with Crippen LogP contribution in [0.5, 0.6) is 0 Å². The molecule has 0 amide bonds. The number of rotatable bonds is 0. The van der Waals surface area contributed by atoms with E-state index in [0.29, 0.717) is 0 Å². The minimum atomic E-state index is 0.238. The fraction of sp³-hybridized carbons (Fsp3) is 0.600. The average molecular weight is 237 g/mol. The molecule has 0 aromatic rings. The average Bonchev–Trinajstić information content (AvgIpc) is 2.23. The molecule has 1 aliphatic rings. The molecule has 90 valence electrons. The lowest BCUT2D eigenvalue weighted by Crippen LogP contribution is -2.24. The maximum atomic E-state index is 2.36. The smallest absolute Gasteiger partial charge is 0.0574 e. The van der Waals surface area contributed by atoms with E-state index in [9.17, 15) is 0 Å². The zero-order valence-electron chi connectivity index (χ0n) is 11.7. The Morgan fingerprint density at radius 2 is 1.06 bits per heavy atom. The fourth-order valence-electron chi connectivity index (χ4n) is 2.03. The van der Waals surface area contributed by atoms with E-state index in [1.54, 1.807) is 9.81 Å². The Labute approximate surface area is 104 Å². The molecule has 16 heavy (non-hydrogen) atoms. The van der Waals surface area contributed by atoms with Gasteiger partial charge in [-0.1, -0.05) is 53.7 Å². The van der Waals surface area contributed by atoms with Crippen LogP contribution in [-0.4, -0.2) is 6.26 Å². The van der Waals surface area contributed by atoms with Gasteiger partial charge in [-0.15, -0.1) is 0 Å². The SMILES string of the molecule is C[S+]1C(C(C)(C)C)=CC=CC=C1C(C)(C)C. The van der Waals surface area contributed by atoms with Gasteiger partial charge in [0.2, 0.25) is 0 Å². The highest BCUT2D eigenvalue weighted by atomic mass is 32.2. The summed E-state index contributed by atoms with van der Waals surface area (Å²) in [5.41, 5.74) is 0.522. The highest BCUT2D eigenvalue weighted by molar-refractivity contribution is 8.03. The van der Waals surface area contributed by atoms with Gasteiger partial charge < -0.3 is 0 Å². The summed E-state index contributed by atoms with van der Waals surface area (Å²) in [7, 11) is 0.238. The first kappa shape index (κ1) is 13.6. The van der Waals surface area contributed by atoms with Crippen LogP contribution in [-0.2, 0) is 10.9 Å². The molecule has 0 fully saturated rings. The Kier molecular flexibility index (Phi) is 3.79. The van der Waals surface area contributed by atoms with Crippen LogP contribution in [0.3, 0.4) is 0 Å². The van der Waals surface area contributed by atoms with E-state index < -0.39 is 0 Å². The van der Waals surface area contributed by atoms with Crippen LogP contribution in [0.15, 0.2) is 34.1 Å². The van der Waals surface area contributed by atoms with Crippen molar-refractivity contribution in [2.45, 2.75) is 41.5 Å². The van der Waals surface area contributed by atoms with Crippen LogP contribution in [0, 0.1) is 10.8 Å². The third-order valence-corrected chi connectivity index (χ3v) is 5.56. The van der Waals surface area contributed by atoms with Crippen LogP contribution in [0.4, 0.5) is 0 Å². The first-order chi connectivity index (χ1) is 7.14. The Balaban J connectivity index is 3.17. The summed E-state index contributed by atoms with van der Waals surface area (Å²) in [4.78, 5) is 3.12. The molecule has 1 aliphatic heterocycles. The van der Waals surface area contributed by atoms with Crippen molar-refractivity contribution in [3.05, 3.63) is 34.1 Å². The summed E-state index contributed by atoms with van der Waals surface area (Å²) in [5.74, 6) is 0. The molecule has 0 unspecified atom stereocenters. The van der Waals surface area contributed by atoms with Crippen molar-refractivity contribution < 1.29 is 0 Å². The molecule has 0 aromatic heterocycles. The van der Waals surface area contributed by atoms with Gasteiger partial charge in [0.05, 0.1) is 10.9 Å². The summed E-state index contributed by atoms with van der Waals surface area (Å²) < 4.78 is 0. The van der Waals surface area contributed by atoms with Crippen molar-refractivity contribution in [1.29, 1.82) is 0 Å². The highest BCUT2D eigenvalue weighted by Gasteiger charge is 2.39. The molecule has 1 heterocycles. The lowest BCUT2D eigenvalue weighted by molar-refractivity contribution is 0.522. The molecule has 0 bridgehead atoms. The first-order valence-electron chi connectivity index (χ1n) is 5.89. The largest absolute Gasteiger partial charge is 0.142 e. The molecule has 0 saturated carbocycles. The van der Waals surface area contributed by atoms with Crippen molar-refractivity contribution in [3.63, 3.8) is 0 Å². The molecule has 0 aromatic carbocycles. The van der Waals surface area contributed by atoms with Crippen molar-refractivity contribution in [2.75, 3.05) is 6.26 Å². The predicted octanol–water partition coefficient (Wildman–Crippen LogP) is 4.66. The lowest BCUT2D eigenvalue weighted by atomic mass is 9.96. The lowest BCUT2D eigenvalue weighted by Gasteiger charge is -2.26. The van der Waals surface area contributed by atoms with Crippen LogP contribution in [0.2, 0.25) is 0 Å². The predicted molar refractivity (Wildman–Crippen MR) is 77.5 cm³/mol. The standard InChI is InChI=1S/C15H25S/c1-14(2,3)12-10-8-9-11-13(16(12)7)15(4,5)6/h8-11H,1-7H3/q+1. The third-order valence-electron chi connectivity index (χ3n) is 2.74. The normalized spacial score (nSPS) is 19.2. The first-order valence-corrected chi connectivity index (χ1v) is 7.53. The summed E-state index contributed by atoms with van der Waals surface area (Å²) in [5, 5.41) is 0. The van der Waals surface area contributed by atoms with Gasteiger partial charge >= 0.3 is 0 Å². The van der Waals surface area contributed by atoms with Gasteiger partial charge in [-0.05, 0) is 12.2 Å². The van der Waals surface area contributed by atoms with Gasteiger partial charge in [0.25, 0.3) is 0 Å². The van der Waals surface area contributed by atoms with E-state index >= 15 is 0 Å². The van der Waals surface area contributed by atoms with E-state index in [1.807, 2.05) is 0 Å². The van der Waals surface area contributed by atoms with Gasteiger partial charge in [-0.3, -0.25) is 0 Å². The molecule has 0 nitrogen and oxygen atoms in total. The van der Waals surface area contributed by atoms with Crippen LogP contribution < -0.4 is 0 Å². The quantitative estimate of drug-likeness (QED) is 0.537. The summed E-state index contributed by atoms with van der Waals surface area (Å²) in [6.07, 6.45) is 11.3. The summed E-state index contributed by atoms with van der Waals surface area (Å²) in [6, 6.07) is 0. The van der Waals surface area contributed by atoms with E-state index in [2.05, 4.69) is 72.1 Å². The Bertz CT molecular complexity index is 309. The Morgan fingerprint density at radius 3 is 1.31 bits per heavy atom. The summed E-state index contributed by atoms with van der Waals surface area (Å²) in [6.45, 7) is 13.8. The van der Waals surface area contributed by atoms with Gasteiger partial charge in [-0.25, -0.2) is 0 Å². The summed E-state index contributed by atoms with van der Waals surface area (Å²) >= 11 is 0. The molecule has 0 N–H and O–H groups in total. The van der Waals surface area contributed by atoms with Crippen molar-refractivity contribution >= 4 is 10.9 Å². The highest BCUT2D eigenvalue weighted by Crippen LogP contribution is 2.41. The minimum absolute atomic E-state index is 0.238. The molecule has 1 heteroatoms. The van der Waals surface area contributed by atoms with Gasteiger partial charge in [0.15, 0.2) is 0 Å². The molecule has 1 rings (SSSR count). The second-order valence-electron chi connectivity index (χ2n) is 6.46. The molecular formula is C15H25S+. The molecule has 0 saturated heterocycles. The number of allylic oxidation sites excluding steroid dienone is 6. The Morgan fingerprint density at radius 1 is 0.750 bits per heavy atom. The van der Waals surface area contributed by atoms with Crippen molar-refractivity contribution in [1.82, 2.24) is 0 Å². The van der Waals surface area contributed by atoms with Gasteiger partial charge in [0, 0.05) is 10.8 Å². The molecule has 0 atom stereocenters.